The van der Waals surface area contributed by atoms with Crippen molar-refractivity contribution >= 4 is 11.7 Å². The molecule has 0 saturated carbocycles. The van der Waals surface area contributed by atoms with Crippen molar-refractivity contribution in [2.75, 3.05) is 51.2 Å². The molecule has 5 heteroatoms. The molecule has 27 heavy (non-hydrogen) atoms. The molecule has 1 aliphatic rings. The zero-order valence-corrected chi connectivity index (χ0v) is 16.4. The number of urea groups is 1. The standard InChI is InChI=1S/C22H30N4O/c1-19-8-6-7-9-20(19)18-25-14-16-26(17-15-25)22(27)23-12-13-24(2)21-10-4-3-5-11-21/h3-11H,12-18H2,1-2H3,(H,23,27). The Kier molecular flexibility index (Phi) is 6.71. The van der Waals surface area contributed by atoms with Gasteiger partial charge in [-0.3, -0.25) is 4.90 Å². The molecule has 1 fully saturated rings. The molecular formula is C22H30N4O. The van der Waals surface area contributed by atoms with E-state index in [0.717, 1.165) is 45.0 Å². The number of carbonyl (C=O) groups excluding carboxylic acids is 1. The SMILES string of the molecule is Cc1ccccc1CN1CCN(C(=O)NCCN(C)c2ccccc2)CC1. The summed E-state index contributed by atoms with van der Waals surface area (Å²) in [5.74, 6) is 0. The Morgan fingerprint density at radius 3 is 2.37 bits per heavy atom. The van der Waals surface area contributed by atoms with E-state index < -0.39 is 0 Å². The second-order valence-corrected chi connectivity index (χ2v) is 7.18. The first-order valence-electron chi connectivity index (χ1n) is 9.69. The summed E-state index contributed by atoms with van der Waals surface area (Å²) in [6.45, 7) is 7.97. The summed E-state index contributed by atoms with van der Waals surface area (Å²) in [4.78, 5) is 18.9. The first kappa shape index (κ1) is 19.2. The number of rotatable bonds is 6. The average Bonchev–Trinajstić information content (AvgIpc) is 2.71. The Labute approximate surface area is 162 Å². The molecule has 2 aromatic carbocycles. The molecule has 0 aliphatic carbocycles. The highest BCUT2D eigenvalue weighted by Gasteiger charge is 2.21. The van der Waals surface area contributed by atoms with Crippen LogP contribution in [-0.4, -0.2) is 62.1 Å². The average molecular weight is 367 g/mol. The summed E-state index contributed by atoms with van der Waals surface area (Å²) < 4.78 is 0. The van der Waals surface area contributed by atoms with Crippen LogP contribution in [0.4, 0.5) is 10.5 Å². The van der Waals surface area contributed by atoms with Crippen molar-refractivity contribution in [2.24, 2.45) is 0 Å². The number of benzene rings is 2. The largest absolute Gasteiger partial charge is 0.373 e. The molecular weight excluding hydrogens is 336 g/mol. The fraction of sp³-hybridized carbons (Fsp3) is 0.409. The lowest BCUT2D eigenvalue weighted by molar-refractivity contribution is 0.135. The van der Waals surface area contributed by atoms with Gasteiger partial charge in [0.05, 0.1) is 0 Å². The number of piperazine rings is 1. The van der Waals surface area contributed by atoms with Gasteiger partial charge in [0.2, 0.25) is 0 Å². The van der Waals surface area contributed by atoms with Crippen LogP contribution in [0.1, 0.15) is 11.1 Å². The van der Waals surface area contributed by atoms with E-state index in [1.54, 1.807) is 0 Å². The third-order valence-electron chi connectivity index (χ3n) is 5.24. The van der Waals surface area contributed by atoms with Crippen LogP contribution in [0.25, 0.3) is 0 Å². The highest BCUT2D eigenvalue weighted by atomic mass is 16.2. The molecule has 1 aliphatic heterocycles. The first-order chi connectivity index (χ1) is 13.1. The molecule has 0 bridgehead atoms. The van der Waals surface area contributed by atoms with Crippen LogP contribution in [0, 0.1) is 6.92 Å². The number of amides is 2. The van der Waals surface area contributed by atoms with Gasteiger partial charge in [-0.05, 0) is 30.2 Å². The van der Waals surface area contributed by atoms with Gasteiger partial charge in [-0.2, -0.15) is 0 Å². The van der Waals surface area contributed by atoms with Gasteiger partial charge in [0.15, 0.2) is 0 Å². The van der Waals surface area contributed by atoms with E-state index in [4.69, 9.17) is 0 Å². The van der Waals surface area contributed by atoms with Crippen molar-refractivity contribution in [3.8, 4) is 0 Å². The maximum absolute atomic E-state index is 12.4. The van der Waals surface area contributed by atoms with Crippen LogP contribution in [0.2, 0.25) is 0 Å². The van der Waals surface area contributed by atoms with Crippen molar-refractivity contribution in [2.45, 2.75) is 13.5 Å². The Morgan fingerprint density at radius 2 is 1.67 bits per heavy atom. The highest BCUT2D eigenvalue weighted by molar-refractivity contribution is 5.74. The number of aryl methyl sites for hydroxylation is 1. The van der Waals surface area contributed by atoms with E-state index in [9.17, 15) is 4.79 Å². The molecule has 0 unspecified atom stereocenters. The van der Waals surface area contributed by atoms with Crippen molar-refractivity contribution in [1.82, 2.24) is 15.1 Å². The molecule has 1 N–H and O–H groups in total. The van der Waals surface area contributed by atoms with E-state index in [1.807, 2.05) is 30.1 Å². The normalized spacial score (nSPS) is 14.8. The van der Waals surface area contributed by atoms with E-state index in [1.165, 1.54) is 11.1 Å². The van der Waals surface area contributed by atoms with E-state index in [0.29, 0.717) is 6.54 Å². The maximum Gasteiger partial charge on any atom is 0.317 e. The Balaban J connectivity index is 1.38. The summed E-state index contributed by atoms with van der Waals surface area (Å²) in [5, 5.41) is 3.05. The van der Waals surface area contributed by atoms with E-state index in [2.05, 4.69) is 58.4 Å². The summed E-state index contributed by atoms with van der Waals surface area (Å²) in [7, 11) is 2.05. The summed E-state index contributed by atoms with van der Waals surface area (Å²) in [5.41, 5.74) is 3.87. The lowest BCUT2D eigenvalue weighted by Crippen LogP contribution is -2.52. The number of nitrogens with one attached hydrogen (secondary N) is 1. The van der Waals surface area contributed by atoms with Crippen LogP contribution in [-0.2, 0) is 6.54 Å². The van der Waals surface area contributed by atoms with Crippen molar-refractivity contribution in [3.63, 3.8) is 0 Å². The molecule has 1 heterocycles. The topological polar surface area (TPSA) is 38.8 Å². The lowest BCUT2D eigenvalue weighted by atomic mass is 10.1. The number of likely N-dealkylation sites (N-methyl/N-ethyl adjacent to an activating group) is 1. The van der Waals surface area contributed by atoms with Crippen LogP contribution in [0.3, 0.4) is 0 Å². The van der Waals surface area contributed by atoms with Gasteiger partial charge in [0.1, 0.15) is 0 Å². The number of carbonyl (C=O) groups is 1. The van der Waals surface area contributed by atoms with Crippen LogP contribution >= 0.6 is 0 Å². The summed E-state index contributed by atoms with van der Waals surface area (Å²) in [6, 6.07) is 18.8. The number of para-hydroxylation sites is 1. The minimum atomic E-state index is 0.0482. The number of nitrogens with zero attached hydrogens (tertiary/aromatic N) is 3. The Bertz CT molecular complexity index is 726. The first-order valence-corrected chi connectivity index (χ1v) is 9.69. The fourth-order valence-corrected chi connectivity index (χ4v) is 3.39. The van der Waals surface area contributed by atoms with Crippen molar-refractivity contribution < 1.29 is 4.79 Å². The van der Waals surface area contributed by atoms with Gasteiger partial charge in [-0.25, -0.2) is 4.79 Å². The predicted octanol–water partition coefficient (Wildman–Crippen LogP) is 2.96. The molecule has 0 spiro atoms. The van der Waals surface area contributed by atoms with Gasteiger partial charge in [0.25, 0.3) is 0 Å². The Hall–Kier alpha value is -2.53. The van der Waals surface area contributed by atoms with E-state index in [-0.39, 0.29) is 6.03 Å². The quantitative estimate of drug-likeness (QED) is 0.854. The molecule has 5 nitrogen and oxygen atoms in total. The molecule has 2 amide bonds. The number of anilines is 1. The summed E-state index contributed by atoms with van der Waals surface area (Å²) >= 11 is 0. The third-order valence-corrected chi connectivity index (χ3v) is 5.24. The zero-order valence-electron chi connectivity index (χ0n) is 16.4. The molecule has 3 rings (SSSR count). The molecule has 0 radical (unpaired) electrons. The molecule has 144 valence electrons. The van der Waals surface area contributed by atoms with E-state index >= 15 is 0 Å². The van der Waals surface area contributed by atoms with Crippen LogP contribution in [0.15, 0.2) is 54.6 Å². The molecule has 2 aromatic rings. The number of hydrogen-bond acceptors (Lipinski definition) is 3. The minimum absolute atomic E-state index is 0.0482. The third kappa shape index (κ3) is 5.47. The highest BCUT2D eigenvalue weighted by Crippen LogP contribution is 2.13. The molecule has 0 aromatic heterocycles. The van der Waals surface area contributed by atoms with Crippen molar-refractivity contribution in [1.29, 1.82) is 0 Å². The molecule has 1 saturated heterocycles. The maximum atomic E-state index is 12.4. The lowest BCUT2D eigenvalue weighted by Gasteiger charge is -2.35. The van der Waals surface area contributed by atoms with Gasteiger partial charge in [-0.1, -0.05) is 42.5 Å². The monoisotopic (exact) mass is 366 g/mol. The van der Waals surface area contributed by atoms with Crippen LogP contribution in [0.5, 0.6) is 0 Å². The zero-order chi connectivity index (χ0) is 19.1. The fourth-order valence-electron chi connectivity index (χ4n) is 3.39. The molecule has 0 atom stereocenters. The van der Waals surface area contributed by atoms with Gasteiger partial charge in [-0.15, -0.1) is 0 Å². The minimum Gasteiger partial charge on any atom is -0.373 e. The Morgan fingerprint density at radius 1 is 1.00 bits per heavy atom. The van der Waals surface area contributed by atoms with Crippen LogP contribution < -0.4 is 10.2 Å². The number of hydrogen-bond donors (Lipinski definition) is 1. The predicted molar refractivity (Wildman–Crippen MR) is 111 cm³/mol. The summed E-state index contributed by atoms with van der Waals surface area (Å²) in [6.07, 6.45) is 0. The smallest absolute Gasteiger partial charge is 0.317 e. The van der Waals surface area contributed by atoms with Gasteiger partial charge < -0.3 is 15.1 Å². The van der Waals surface area contributed by atoms with Gasteiger partial charge in [0, 0.05) is 58.5 Å². The second kappa shape index (κ2) is 9.42. The van der Waals surface area contributed by atoms with Gasteiger partial charge >= 0.3 is 6.03 Å². The second-order valence-electron chi connectivity index (χ2n) is 7.18. The van der Waals surface area contributed by atoms with Crippen molar-refractivity contribution in [3.05, 3.63) is 65.7 Å².